The first-order chi connectivity index (χ1) is 15.4. The van der Waals surface area contributed by atoms with Gasteiger partial charge in [0, 0.05) is 24.2 Å². The van der Waals surface area contributed by atoms with Crippen molar-refractivity contribution in [3.8, 4) is 17.0 Å². The van der Waals surface area contributed by atoms with Crippen LogP contribution in [-0.4, -0.2) is 33.7 Å². The van der Waals surface area contributed by atoms with Crippen molar-refractivity contribution < 1.29 is 13.9 Å². The Morgan fingerprint density at radius 3 is 2.62 bits per heavy atom. The van der Waals surface area contributed by atoms with Gasteiger partial charge >= 0.3 is 0 Å². The number of aromatic nitrogens is 2. The van der Waals surface area contributed by atoms with Crippen molar-refractivity contribution in [2.45, 2.75) is 45.2 Å². The van der Waals surface area contributed by atoms with Gasteiger partial charge in [0.2, 0.25) is 0 Å². The summed E-state index contributed by atoms with van der Waals surface area (Å²) in [7, 11) is 3.41. The molecule has 168 valence electrons. The quantitative estimate of drug-likeness (QED) is 0.487. The van der Waals surface area contributed by atoms with Gasteiger partial charge in [0.05, 0.1) is 35.1 Å². The summed E-state index contributed by atoms with van der Waals surface area (Å²) in [6, 6.07) is 11.6. The maximum absolute atomic E-state index is 14.0. The molecule has 7 heteroatoms. The molecule has 0 radical (unpaired) electrons. The molecule has 3 aromatic rings. The number of amides is 1. The van der Waals surface area contributed by atoms with Crippen molar-refractivity contribution in [1.82, 2.24) is 14.7 Å². The molecule has 1 aliphatic rings. The van der Waals surface area contributed by atoms with E-state index >= 15 is 0 Å². The predicted molar refractivity (Wildman–Crippen MR) is 124 cm³/mol. The van der Waals surface area contributed by atoms with Crippen molar-refractivity contribution in [2.75, 3.05) is 7.11 Å². The highest BCUT2D eigenvalue weighted by molar-refractivity contribution is 6.35. The number of carbonyl (C=O) groups is 1. The summed E-state index contributed by atoms with van der Waals surface area (Å²) in [5.41, 5.74) is 4.07. The van der Waals surface area contributed by atoms with E-state index in [1.165, 1.54) is 19.2 Å². The number of nitrogens with zero attached hydrogens (tertiary/aromatic N) is 3. The Bertz CT molecular complexity index is 1160. The molecule has 2 heterocycles. The van der Waals surface area contributed by atoms with Crippen molar-refractivity contribution in [2.24, 2.45) is 7.05 Å². The molecule has 0 saturated heterocycles. The highest BCUT2D eigenvalue weighted by Gasteiger charge is 2.40. The molecule has 0 N–H and O–H groups in total. The fourth-order valence-electron chi connectivity index (χ4n) is 4.79. The van der Waals surface area contributed by atoms with E-state index in [9.17, 15) is 9.18 Å². The zero-order chi connectivity index (χ0) is 23.0. The summed E-state index contributed by atoms with van der Waals surface area (Å²) in [4.78, 5) is 15.7. The molecule has 4 rings (SSSR count). The van der Waals surface area contributed by atoms with Gasteiger partial charge in [-0.2, -0.15) is 5.10 Å². The summed E-state index contributed by atoms with van der Waals surface area (Å²) in [5, 5.41) is 5.12. The maximum atomic E-state index is 14.0. The van der Waals surface area contributed by atoms with Gasteiger partial charge in [-0.1, -0.05) is 43.6 Å². The Labute approximate surface area is 192 Å². The van der Waals surface area contributed by atoms with Crippen LogP contribution in [0.1, 0.15) is 54.3 Å². The molecule has 2 unspecified atom stereocenters. The molecular weight excluding hydrogens is 429 g/mol. The van der Waals surface area contributed by atoms with Crippen LogP contribution in [0.5, 0.6) is 5.75 Å². The number of halogens is 2. The van der Waals surface area contributed by atoms with Gasteiger partial charge in [0.15, 0.2) is 0 Å². The normalized spacial score (nSPS) is 17.9. The average Bonchev–Trinajstić information content (AvgIpc) is 3.12. The van der Waals surface area contributed by atoms with Crippen LogP contribution in [0.25, 0.3) is 11.3 Å². The second-order valence-electron chi connectivity index (χ2n) is 8.07. The Balaban J connectivity index is 1.82. The number of aryl methyl sites for hydroxylation is 1. The van der Waals surface area contributed by atoms with E-state index in [0.29, 0.717) is 29.2 Å². The van der Waals surface area contributed by atoms with Crippen LogP contribution in [0.15, 0.2) is 42.5 Å². The third-order valence-electron chi connectivity index (χ3n) is 6.27. The lowest BCUT2D eigenvalue weighted by Crippen LogP contribution is -2.47. The van der Waals surface area contributed by atoms with E-state index in [2.05, 4.69) is 13.8 Å². The number of methoxy groups -OCH3 is 1. The number of fused-ring (bicyclic) bond motifs is 1. The Morgan fingerprint density at radius 2 is 1.97 bits per heavy atom. The number of hydrogen-bond acceptors (Lipinski definition) is 3. The van der Waals surface area contributed by atoms with Gasteiger partial charge < -0.3 is 9.64 Å². The molecule has 0 aliphatic carbocycles. The van der Waals surface area contributed by atoms with Gasteiger partial charge in [-0.3, -0.25) is 9.48 Å². The van der Waals surface area contributed by atoms with Crippen molar-refractivity contribution in [1.29, 1.82) is 0 Å². The number of hydrogen-bond donors (Lipinski definition) is 0. The third-order valence-corrected chi connectivity index (χ3v) is 6.65. The smallest absolute Gasteiger partial charge is 0.256 e. The van der Waals surface area contributed by atoms with Crippen LogP contribution in [-0.2, 0) is 13.5 Å². The highest BCUT2D eigenvalue weighted by Crippen LogP contribution is 2.42. The van der Waals surface area contributed by atoms with Crippen LogP contribution in [0.4, 0.5) is 4.39 Å². The third kappa shape index (κ3) is 3.66. The van der Waals surface area contributed by atoms with E-state index in [-0.39, 0.29) is 23.8 Å². The molecular formula is C25H27ClFN3O2. The Hall–Kier alpha value is -2.86. The second kappa shape index (κ2) is 8.94. The molecule has 2 atom stereocenters. The SMILES string of the molecule is CCC1Cc2c(nn(C)c2-c2cccc(F)c2)C(CC)N1C(=O)c1cccc(OC)c1Cl. The van der Waals surface area contributed by atoms with Crippen LogP contribution >= 0.6 is 11.6 Å². The lowest BCUT2D eigenvalue weighted by molar-refractivity contribution is 0.0512. The van der Waals surface area contributed by atoms with Crippen LogP contribution in [0.3, 0.4) is 0 Å². The summed E-state index contributed by atoms with van der Waals surface area (Å²) < 4.78 is 21.1. The molecule has 0 bridgehead atoms. The van der Waals surface area contributed by atoms with E-state index in [1.54, 1.807) is 28.9 Å². The lowest BCUT2D eigenvalue weighted by atomic mass is 9.87. The van der Waals surface area contributed by atoms with E-state index < -0.39 is 0 Å². The van der Waals surface area contributed by atoms with E-state index in [1.807, 2.05) is 18.0 Å². The van der Waals surface area contributed by atoms with Crippen LogP contribution in [0, 0.1) is 5.82 Å². The van der Waals surface area contributed by atoms with Gasteiger partial charge in [0.25, 0.3) is 5.91 Å². The van der Waals surface area contributed by atoms with E-state index in [4.69, 9.17) is 21.4 Å². The number of carbonyl (C=O) groups excluding carboxylic acids is 1. The fourth-order valence-corrected chi connectivity index (χ4v) is 5.07. The first-order valence-corrected chi connectivity index (χ1v) is 11.3. The van der Waals surface area contributed by atoms with Crippen molar-refractivity contribution in [3.63, 3.8) is 0 Å². The zero-order valence-corrected chi connectivity index (χ0v) is 19.5. The van der Waals surface area contributed by atoms with Gasteiger partial charge in [-0.05, 0) is 43.5 Å². The predicted octanol–water partition coefficient (Wildman–Crippen LogP) is 5.82. The molecule has 1 aliphatic heterocycles. The monoisotopic (exact) mass is 455 g/mol. The van der Waals surface area contributed by atoms with Crippen molar-refractivity contribution in [3.05, 3.63) is 70.1 Å². The van der Waals surface area contributed by atoms with Gasteiger partial charge in [-0.15, -0.1) is 0 Å². The highest BCUT2D eigenvalue weighted by atomic mass is 35.5. The van der Waals surface area contributed by atoms with Crippen LogP contribution < -0.4 is 4.74 Å². The minimum Gasteiger partial charge on any atom is -0.495 e. The summed E-state index contributed by atoms with van der Waals surface area (Å²) >= 11 is 6.50. The van der Waals surface area contributed by atoms with Gasteiger partial charge in [0.1, 0.15) is 11.6 Å². The van der Waals surface area contributed by atoms with Crippen molar-refractivity contribution >= 4 is 17.5 Å². The molecule has 0 spiro atoms. The molecule has 0 fully saturated rings. The van der Waals surface area contributed by atoms with E-state index in [0.717, 1.165) is 28.9 Å². The average molecular weight is 456 g/mol. The largest absolute Gasteiger partial charge is 0.495 e. The first kappa shape index (κ1) is 22.3. The first-order valence-electron chi connectivity index (χ1n) is 10.9. The fraction of sp³-hybridized carbons (Fsp3) is 0.360. The summed E-state index contributed by atoms with van der Waals surface area (Å²) in [6.07, 6.45) is 2.13. The molecule has 1 aromatic heterocycles. The maximum Gasteiger partial charge on any atom is 0.256 e. The standard InChI is InChI=1S/C25H27ClFN3O2/c1-5-17-14-19-23(28-29(3)24(19)15-9-7-10-16(27)13-15)20(6-2)30(17)25(31)18-11-8-12-21(32-4)22(18)26/h7-13,17,20H,5-6,14H2,1-4H3. The Morgan fingerprint density at radius 1 is 1.22 bits per heavy atom. The number of rotatable bonds is 5. The van der Waals surface area contributed by atoms with Gasteiger partial charge in [-0.25, -0.2) is 4.39 Å². The Kier molecular flexibility index (Phi) is 6.24. The topological polar surface area (TPSA) is 47.4 Å². The number of benzene rings is 2. The second-order valence-corrected chi connectivity index (χ2v) is 8.45. The molecule has 32 heavy (non-hydrogen) atoms. The number of ether oxygens (including phenoxy) is 1. The zero-order valence-electron chi connectivity index (χ0n) is 18.7. The molecule has 5 nitrogen and oxygen atoms in total. The summed E-state index contributed by atoms with van der Waals surface area (Å²) in [5.74, 6) is 0.0653. The molecule has 0 saturated carbocycles. The summed E-state index contributed by atoms with van der Waals surface area (Å²) in [6.45, 7) is 4.13. The minimum absolute atomic E-state index is 0.0290. The molecule has 1 amide bonds. The minimum atomic E-state index is -0.281. The lowest BCUT2D eigenvalue weighted by Gasteiger charge is -2.41. The van der Waals surface area contributed by atoms with Crippen LogP contribution in [0.2, 0.25) is 5.02 Å². The molecule has 2 aromatic carbocycles.